The molecule has 1 aliphatic carbocycles. The fourth-order valence-electron chi connectivity index (χ4n) is 2.20. The van der Waals surface area contributed by atoms with Gasteiger partial charge in [0.05, 0.1) is 5.25 Å². The van der Waals surface area contributed by atoms with Crippen LogP contribution >= 0.6 is 11.8 Å². The fraction of sp³-hybridized carbons (Fsp3) is 0.500. The van der Waals surface area contributed by atoms with Crippen molar-refractivity contribution < 1.29 is 4.79 Å². The number of hydrogen-bond acceptors (Lipinski definition) is 2. The van der Waals surface area contributed by atoms with Gasteiger partial charge in [0.15, 0.2) is 0 Å². The number of ketones is 1. The monoisotopic (exact) mass is 234 g/mol. The van der Waals surface area contributed by atoms with Gasteiger partial charge in [0.1, 0.15) is 5.78 Å². The molecule has 0 heterocycles. The molecule has 1 aromatic rings. The third-order valence-corrected chi connectivity index (χ3v) is 4.70. The SMILES string of the molecule is CC1CCCCC(=O)C1Sc1ccccc1. The third-order valence-electron chi connectivity index (χ3n) is 3.17. The van der Waals surface area contributed by atoms with Crippen molar-refractivity contribution in [1.29, 1.82) is 0 Å². The highest BCUT2D eigenvalue weighted by atomic mass is 32.2. The summed E-state index contributed by atoms with van der Waals surface area (Å²) in [5.41, 5.74) is 0. The zero-order chi connectivity index (χ0) is 11.4. The van der Waals surface area contributed by atoms with Gasteiger partial charge < -0.3 is 0 Å². The Bertz CT molecular complexity index is 347. The zero-order valence-electron chi connectivity index (χ0n) is 9.69. The molecule has 2 rings (SSSR count). The van der Waals surface area contributed by atoms with E-state index in [9.17, 15) is 4.79 Å². The average molecular weight is 234 g/mol. The predicted molar refractivity (Wildman–Crippen MR) is 68.7 cm³/mol. The molecule has 2 heteroatoms. The molecule has 0 radical (unpaired) electrons. The van der Waals surface area contributed by atoms with Gasteiger partial charge in [-0.2, -0.15) is 0 Å². The number of carbonyl (C=O) groups excluding carboxylic acids is 1. The smallest absolute Gasteiger partial charge is 0.146 e. The summed E-state index contributed by atoms with van der Waals surface area (Å²) in [7, 11) is 0. The fourth-order valence-corrected chi connectivity index (χ4v) is 3.43. The van der Waals surface area contributed by atoms with E-state index in [0.29, 0.717) is 11.7 Å². The van der Waals surface area contributed by atoms with Gasteiger partial charge in [-0.15, -0.1) is 11.8 Å². The lowest BCUT2D eigenvalue weighted by Gasteiger charge is -2.19. The molecule has 0 spiro atoms. The van der Waals surface area contributed by atoms with Crippen LogP contribution in [-0.2, 0) is 4.79 Å². The summed E-state index contributed by atoms with van der Waals surface area (Å²) in [6, 6.07) is 10.3. The van der Waals surface area contributed by atoms with Gasteiger partial charge in [0.25, 0.3) is 0 Å². The predicted octanol–water partition coefficient (Wildman–Crippen LogP) is 3.93. The molecule has 1 nitrogen and oxygen atoms in total. The molecule has 2 unspecified atom stereocenters. The maximum Gasteiger partial charge on any atom is 0.146 e. The van der Waals surface area contributed by atoms with E-state index in [1.807, 2.05) is 18.2 Å². The zero-order valence-corrected chi connectivity index (χ0v) is 10.5. The molecule has 0 amide bonds. The molecule has 0 N–H and O–H groups in total. The summed E-state index contributed by atoms with van der Waals surface area (Å²) in [5, 5.41) is 0.171. The van der Waals surface area contributed by atoms with Gasteiger partial charge >= 0.3 is 0 Å². The molecule has 1 aliphatic rings. The van der Waals surface area contributed by atoms with Crippen molar-refractivity contribution in [3.8, 4) is 0 Å². The standard InChI is InChI=1S/C14H18OS/c1-11-7-5-6-10-13(15)14(11)16-12-8-3-2-4-9-12/h2-4,8-9,11,14H,5-7,10H2,1H3. The van der Waals surface area contributed by atoms with Gasteiger partial charge in [-0.3, -0.25) is 4.79 Å². The normalized spacial score (nSPS) is 26.4. The molecule has 2 atom stereocenters. The Kier molecular flexibility index (Phi) is 4.05. The summed E-state index contributed by atoms with van der Waals surface area (Å²) >= 11 is 1.74. The van der Waals surface area contributed by atoms with E-state index in [0.717, 1.165) is 12.8 Å². The van der Waals surface area contributed by atoms with E-state index >= 15 is 0 Å². The van der Waals surface area contributed by atoms with Gasteiger partial charge in [-0.25, -0.2) is 0 Å². The van der Waals surface area contributed by atoms with Crippen LogP contribution in [0.25, 0.3) is 0 Å². The lowest BCUT2D eigenvalue weighted by atomic mass is 10.0. The van der Waals surface area contributed by atoms with E-state index in [-0.39, 0.29) is 5.25 Å². The molecule has 1 saturated carbocycles. The molecule has 0 saturated heterocycles. The van der Waals surface area contributed by atoms with Gasteiger partial charge in [0.2, 0.25) is 0 Å². The molecule has 1 aromatic carbocycles. The van der Waals surface area contributed by atoms with E-state index < -0.39 is 0 Å². The molecule has 0 aliphatic heterocycles. The first-order valence-corrected chi connectivity index (χ1v) is 6.90. The van der Waals surface area contributed by atoms with Crippen LogP contribution in [0.1, 0.15) is 32.6 Å². The van der Waals surface area contributed by atoms with Crippen LogP contribution < -0.4 is 0 Å². The minimum atomic E-state index is 0.171. The molecule has 86 valence electrons. The molecular weight excluding hydrogens is 216 g/mol. The first-order chi connectivity index (χ1) is 7.77. The second-order valence-corrected chi connectivity index (χ2v) is 5.76. The van der Waals surface area contributed by atoms with Crippen molar-refractivity contribution in [1.82, 2.24) is 0 Å². The molecule has 0 bridgehead atoms. The largest absolute Gasteiger partial charge is 0.298 e. The van der Waals surface area contributed by atoms with Crippen molar-refractivity contribution in [3.63, 3.8) is 0 Å². The Morgan fingerprint density at radius 1 is 1.19 bits per heavy atom. The van der Waals surface area contributed by atoms with Crippen LogP contribution in [0, 0.1) is 5.92 Å². The van der Waals surface area contributed by atoms with Crippen molar-refractivity contribution in [2.24, 2.45) is 5.92 Å². The topological polar surface area (TPSA) is 17.1 Å². The Labute approximate surface area is 102 Å². The van der Waals surface area contributed by atoms with Crippen LogP contribution in [0.5, 0.6) is 0 Å². The van der Waals surface area contributed by atoms with Crippen LogP contribution in [0.4, 0.5) is 0 Å². The van der Waals surface area contributed by atoms with E-state index in [1.165, 1.54) is 17.7 Å². The van der Waals surface area contributed by atoms with Crippen molar-refractivity contribution in [2.75, 3.05) is 0 Å². The quantitative estimate of drug-likeness (QED) is 0.721. The number of thioether (sulfide) groups is 1. The first-order valence-electron chi connectivity index (χ1n) is 6.02. The first kappa shape index (κ1) is 11.7. The summed E-state index contributed by atoms with van der Waals surface area (Å²) in [4.78, 5) is 13.2. The molecule has 0 aromatic heterocycles. The van der Waals surface area contributed by atoms with Gasteiger partial charge in [0, 0.05) is 11.3 Å². The second-order valence-electron chi connectivity index (χ2n) is 4.54. The Balaban J connectivity index is 2.09. The maximum absolute atomic E-state index is 12.0. The van der Waals surface area contributed by atoms with Gasteiger partial charge in [-0.05, 0) is 30.9 Å². The molecule has 1 fully saturated rings. The Hall–Kier alpha value is -0.760. The lowest BCUT2D eigenvalue weighted by molar-refractivity contribution is -0.118. The van der Waals surface area contributed by atoms with E-state index in [2.05, 4.69) is 19.1 Å². The van der Waals surface area contributed by atoms with Gasteiger partial charge in [-0.1, -0.05) is 31.5 Å². The minimum absolute atomic E-state index is 0.171. The third kappa shape index (κ3) is 2.88. The summed E-state index contributed by atoms with van der Waals surface area (Å²) in [6.45, 7) is 2.21. The van der Waals surface area contributed by atoms with Crippen molar-refractivity contribution in [3.05, 3.63) is 30.3 Å². The second kappa shape index (κ2) is 5.53. The number of carbonyl (C=O) groups is 1. The minimum Gasteiger partial charge on any atom is -0.298 e. The number of Topliss-reactive ketones (excluding diaryl/α,β-unsaturated/α-hetero) is 1. The van der Waals surface area contributed by atoms with Crippen LogP contribution in [0.2, 0.25) is 0 Å². The summed E-state index contributed by atoms with van der Waals surface area (Å²) in [6.07, 6.45) is 4.25. The number of benzene rings is 1. The maximum atomic E-state index is 12.0. The highest BCUT2D eigenvalue weighted by Gasteiger charge is 2.27. The van der Waals surface area contributed by atoms with Crippen LogP contribution in [0.3, 0.4) is 0 Å². The van der Waals surface area contributed by atoms with Crippen LogP contribution in [-0.4, -0.2) is 11.0 Å². The molecular formula is C14H18OS. The van der Waals surface area contributed by atoms with Crippen molar-refractivity contribution >= 4 is 17.5 Å². The summed E-state index contributed by atoms with van der Waals surface area (Å²) < 4.78 is 0. The van der Waals surface area contributed by atoms with E-state index in [1.54, 1.807) is 11.8 Å². The number of rotatable bonds is 2. The molecule has 16 heavy (non-hydrogen) atoms. The van der Waals surface area contributed by atoms with E-state index in [4.69, 9.17) is 0 Å². The van der Waals surface area contributed by atoms with Crippen LogP contribution in [0.15, 0.2) is 35.2 Å². The number of hydrogen-bond donors (Lipinski definition) is 0. The van der Waals surface area contributed by atoms with Crippen molar-refractivity contribution in [2.45, 2.75) is 42.8 Å². The lowest BCUT2D eigenvalue weighted by Crippen LogP contribution is -2.22. The average Bonchev–Trinajstić information content (AvgIpc) is 2.46. The Morgan fingerprint density at radius 2 is 1.94 bits per heavy atom. The highest BCUT2D eigenvalue weighted by molar-refractivity contribution is 8.00. The Morgan fingerprint density at radius 3 is 2.69 bits per heavy atom. The highest BCUT2D eigenvalue weighted by Crippen LogP contribution is 2.34. The summed E-state index contributed by atoms with van der Waals surface area (Å²) in [5.74, 6) is 0.957.